The van der Waals surface area contributed by atoms with Crippen LogP contribution in [-0.4, -0.2) is 19.9 Å². The molecule has 0 aromatic heterocycles. The molecule has 0 spiro atoms. The molecule has 1 heterocycles. The highest BCUT2D eigenvalue weighted by atomic mass is 28.3. The first-order valence-electron chi connectivity index (χ1n) is 5.71. The monoisotopic (exact) mass is 220 g/mol. The van der Waals surface area contributed by atoms with Crippen molar-refractivity contribution >= 4 is 13.3 Å². The minimum atomic E-state index is -1.32. The topological polar surface area (TPSA) is 9.23 Å². The average Bonchev–Trinajstić information content (AvgIpc) is 2.24. The lowest BCUT2D eigenvalue weighted by atomic mass is 10.1. The number of benzene rings is 1. The lowest BCUT2D eigenvalue weighted by Crippen LogP contribution is -2.55. The fourth-order valence-electron chi connectivity index (χ4n) is 2.14. The molecule has 0 radical (unpaired) electrons. The van der Waals surface area contributed by atoms with E-state index in [1.54, 1.807) is 5.19 Å². The van der Waals surface area contributed by atoms with Gasteiger partial charge in [-0.1, -0.05) is 42.1 Å². The van der Waals surface area contributed by atoms with E-state index in [9.17, 15) is 0 Å². The molecule has 0 bridgehead atoms. The SMILES string of the molecule is CC1(C)CC[Si](C)(c2ccccc2)CO1. The van der Waals surface area contributed by atoms with Gasteiger partial charge in [0.1, 0.15) is 8.07 Å². The second-order valence-corrected chi connectivity index (χ2v) is 9.96. The molecule has 1 aliphatic rings. The molecule has 1 saturated heterocycles. The summed E-state index contributed by atoms with van der Waals surface area (Å²) in [4.78, 5) is 0. The van der Waals surface area contributed by atoms with Gasteiger partial charge < -0.3 is 4.74 Å². The number of hydrogen-bond acceptors (Lipinski definition) is 1. The van der Waals surface area contributed by atoms with Crippen molar-refractivity contribution in [2.45, 2.75) is 38.5 Å². The summed E-state index contributed by atoms with van der Waals surface area (Å²) in [5.74, 6) is 0. The first kappa shape index (κ1) is 10.9. The molecule has 1 unspecified atom stereocenters. The molecule has 1 aliphatic heterocycles. The van der Waals surface area contributed by atoms with E-state index in [0.717, 1.165) is 6.23 Å². The fraction of sp³-hybridized carbons (Fsp3) is 0.538. The van der Waals surface area contributed by atoms with E-state index in [2.05, 4.69) is 50.7 Å². The van der Waals surface area contributed by atoms with Gasteiger partial charge in [-0.3, -0.25) is 0 Å². The highest BCUT2D eigenvalue weighted by molar-refractivity contribution is 6.90. The molecule has 1 atom stereocenters. The summed E-state index contributed by atoms with van der Waals surface area (Å²) >= 11 is 0. The zero-order chi connectivity index (χ0) is 10.9. The van der Waals surface area contributed by atoms with Crippen molar-refractivity contribution in [1.29, 1.82) is 0 Å². The van der Waals surface area contributed by atoms with Crippen LogP contribution in [0, 0.1) is 0 Å². The molecule has 1 aromatic rings. The third-order valence-corrected chi connectivity index (χ3v) is 7.39. The maximum Gasteiger partial charge on any atom is 0.112 e. The lowest BCUT2D eigenvalue weighted by Gasteiger charge is -2.40. The van der Waals surface area contributed by atoms with Crippen molar-refractivity contribution in [3.63, 3.8) is 0 Å². The van der Waals surface area contributed by atoms with Crippen LogP contribution in [0.2, 0.25) is 12.6 Å². The second kappa shape index (κ2) is 3.76. The van der Waals surface area contributed by atoms with Crippen molar-refractivity contribution in [3.8, 4) is 0 Å². The van der Waals surface area contributed by atoms with Crippen LogP contribution in [0.3, 0.4) is 0 Å². The molecule has 1 fully saturated rings. The normalized spacial score (nSPS) is 30.1. The molecule has 2 rings (SSSR count). The van der Waals surface area contributed by atoms with Crippen LogP contribution in [0.15, 0.2) is 30.3 Å². The summed E-state index contributed by atoms with van der Waals surface area (Å²) in [5, 5.41) is 1.54. The van der Waals surface area contributed by atoms with Crippen LogP contribution >= 0.6 is 0 Å². The standard InChI is InChI=1S/C13H20OSi/c1-13(2)9-10-15(3,11-14-13)12-7-5-4-6-8-12/h4-8H,9-11H2,1-3H3. The third-order valence-electron chi connectivity index (χ3n) is 3.53. The van der Waals surface area contributed by atoms with Crippen LogP contribution in [-0.2, 0) is 4.74 Å². The molecule has 0 aliphatic carbocycles. The van der Waals surface area contributed by atoms with Gasteiger partial charge in [0.2, 0.25) is 0 Å². The number of rotatable bonds is 1. The molecule has 1 aromatic carbocycles. The zero-order valence-electron chi connectivity index (χ0n) is 9.92. The second-order valence-electron chi connectivity index (χ2n) is 5.48. The van der Waals surface area contributed by atoms with Crippen molar-refractivity contribution in [2.75, 3.05) is 6.23 Å². The van der Waals surface area contributed by atoms with E-state index < -0.39 is 8.07 Å². The van der Waals surface area contributed by atoms with Crippen LogP contribution in [0.5, 0.6) is 0 Å². The molecular weight excluding hydrogens is 200 g/mol. The molecule has 0 saturated carbocycles. The first-order valence-corrected chi connectivity index (χ1v) is 8.63. The Morgan fingerprint density at radius 3 is 2.40 bits per heavy atom. The molecule has 1 nitrogen and oxygen atoms in total. The Labute approximate surface area is 93.5 Å². The quantitative estimate of drug-likeness (QED) is 0.661. The Kier molecular flexibility index (Phi) is 2.73. The number of hydrogen-bond donors (Lipinski definition) is 0. The molecule has 82 valence electrons. The Hall–Kier alpha value is -0.603. The maximum atomic E-state index is 6.00. The molecule has 0 N–H and O–H groups in total. The van der Waals surface area contributed by atoms with Gasteiger partial charge in [0.15, 0.2) is 0 Å². The summed E-state index contributed by atoms with van der Waals surface area (Å²) in [7, 11) is -1.32. The van der Waals surface area contributed by atoms with E-state index in [0.29, 0.717) is 0 Å². The molecule has 0 amide bonds. The van der Waals surface area contributed by atoms with Gasteiger partial charge in [0, 0.05) is 6.23 Å². The Morgan fingerprint density at radius 2 is 1.87 bits per heavy atom. The van der Waals surface area contributed by atoms with Crippen molar-refractivity contribution in [1.82, 2.24) is 0 Å². The highest BCUT2D eigenvalue weighted by Gasteiger charge is 2.38. The van der Waals surface area contributed by atoms with Crippen molar-refractivity contribution < 1.29 is 4.74 Å². The van der Waals surface area contributed by atoms with E-state index in [4.69, 9.17) is 4.74 Å². The van der Waals surface area contributed by atoms with Crippen molar-refractivity contribution in [3.05, 3.63) is 30.3 Å². The average molecular weight is 220 g/mol. The van der Waals surface area contributed by atoms with E-state index in [1.165, 1.54) is 12.5 Å². The number of ether oxygens (including phenoxy) is 1. The third kappa shape index (κ3) is 2.32. The maximum absolute atomic E-state index is 6.00. The van der Waals surface area contributed by atoms with Crippen LogP contribution in [0.4, 0.5) is 0 Å². The van der Waals surface area contributed by atoms with Crippen molar-refractivity contribution in [2.24, 2.45) is 0 Å². The van der Waals surface area contributed by atoms with Crippen LogP contribution in [0.1, 0.15) is 20.3 Å². The molecule has 2 heteroatoms. The van der Waals surface area contributed by atoms with Gasteiger partial charge in [-0.15, -0.1) is 0 Å². The lowest BCUT2D eigenvalue weighted by molar-refractivity contribution is -0.00710. The highest BCUT2D eigenvalue weighted by Crippen LogP contribution is 2.29. The van der Waals surface area contributed by atoms with E-state index in [-0.39, 0.29) is 5.60 Å². The van der Waals surface area contributed by atoms with Crippen LogP contribution < -0.4 is 5.19 Å². The van der Waals surface area contributed by atoms with Gasteiger partial charge >= 0.3 is 0 Å². The fourth-order valence-corrected chi connectivity index (χ4v) is 5.60. The minimum Gasteiger partial charge on any atom is -0.378 e. The molecular formula is C13H20OSi. The predicted octanol–water partition coefficient (Wildman–Crippen LogP) is 2.71. The zero-order valence-corrected chi connectivity index (χ0v) is 10.9. The van der Waals surface area contributed by atoms with E-state index >= 15 is 0 Å². The van der Waals surface area contributed by atoms with Gasteiger partial charge in [0.05, 0.1) is 5.60 Å². The predicted molar refractivity (Wildman–Crippen MR) is 67.1 cm³/mol. The summed E-state index contributed by atoms with van der Waals surface area (Å²) in [6, 6.07) is 12.3. The Bertz CT molecular complexity index is 322. The molecule has 15 heavy (non-hydrogen) atoms. The van der Waals surface area contributed by atoms with Crippen LogP contribution in [0.25, 0.3) is 0 Å². The van der Waals surface area contributed by atoms with Gasteiger partial charge in [0.25, 0.3) is 0 Å². The largest absolute Gasteiger partial charge is 0.378 e. The summed E-state index contributed by atoms with van der Waals surface area (Å²) in [5.41, 5.74) is 0.0985. The summed E-state index contributed by atoms with van der Waals surface area (Å²) in [6.07, 6.45) is 2.18. The summed E-state index contributed by atoms with van der Waals surface area (Å²) < 4.78 is 6.00. The van der Waals surface area contributed by atoms with E-state index in [1.807, 2.05) is 0 Å². The van der Waals surface area contributed by atoms with Gasteiger partial charge in [-0.05, 0) is 26.3 Å². The van der Waals surface area contributed by atoms with Gasteiger partial charge in [-0.2, -0.15) is 0 Å². The first-order chi connectivity index (χ1) is 7.02. The Balaban J connectivity index is 2.17. The minimum absolute atomic E-state index is 0.0985. The summed E-state index contributed by atoms with van der Waals surface area (Å²) in [6.45, 7) is 6.84. The van der Waals surface area contributed by atoms with Gasteiger partial charge in [-0.25, -0.2) is 0 Å². The Morgan fingerprint density at radius 1 is 1.20 bits per heavy atom. The smallest absolute Gasteiger partial charge is 0.112 e.